The first-order valence-electron chi connectivity index (χ1n) is 21.0. The van der Waals surface area contributed by atoms with Gasteiger partial charge in [0.15, 0.2) is 6.04 Å². The van der Waals surface area contributed by atoms with Crippen LogP contribution in [-0.4, -0.2) is 64.9 Å². The number of nitrogens with one attached hydrogen (secondary N) is 1. The van der Waals surface area contributed by atoms with Gasteiger partial charge in [0, 0.05) is 12.8 Å². The van der Waals surface area contributed by atoms with E-state index in [0.717, 1.165) is 77.0 Å². The number of aliphatic carboxylic acids is 1. The van der Waals surface area contributed by atoms with E-state index < -0.39 is 57.6 Å². The van der Waals surface area contributed by atoms with Crippen LogP contribution in [0.5, 0.6) is 0 Å². The zero-order valence-corrected chi connectivity index (χ0v) is 34.7. The summed E-state index contributed by atoms with van der Waals surface area (Å²) in [4.78, 5) is 45.8. The van der Waals surface area contributed by atoms with E-state index in [9.17, 15) is 34.1 Å². The molecular weight excluding hydrogens is 709 g/mol. The zero-order chi connectivity index (χ0) is 40.0. The summed E-state index contributed by atoms with van der Waals surface area (Å²) in [7, 11) is -4.75. The summed E-state index contributed by atoms with van der Waals surface area (Å²) < 4.78 is 26.8. The van der Waals surface area contributed by atoms with Crippen molar-refractivity contribution in [1.82, 2.24) is 5.32 Å². The molecule has 1 amide bonds. The van der Waals surface area contributed by atoms with Crippen molar-refractivity contribution in [2.24, 2.45) is 0 Å². The van der Waals surface area contributed by atoms with Crippen molar-refractivity contribution < 1.29 is 47.8 Å². The van der Waals surface area contributed by atoms with Gasteiger partial charge in [-0.15, -0.1) is 0 Å². The van der Waals surface area contributed by atoms with Gasteiger partial charge in [0.2, 0.25) is 5.91 Å². The molecule has 0 aliphatic rings. The molecule has 54 heavy (non-hydrogen) atoms. The van der Waals surface area contributed by atoms with Gasteiger partial charge in [0.1, 0.15) is 12.7 Å². The Balaban J connectivity index is 3.93. The Bertz CT molecular complexity index is 1060. The van der Waals surface area contributed by atoms with Gasteiger partial charge in [-0.2, -0.15) is 0 Å². The number of rotatable bonds is 39. The first-order chi connectivity index (χ1) is 26.1. The monoisotopic (exact) mass is 786 g/mol. The lowest BCUT2D eigenvalue weighted by Gasteiger charge is -2.18. The molecule has 0 saturated heterocycles. The smallest absolute Gasteiger partial charge is 0.472 e. The molecule has 12 heteroatoms. The molecule has 11 nitrogen and oxygen atoms in total. The quantitative estimate of drug-likeness (QED) is 0.0204. The minimum absolute atomic E-state index is 0.140. The summed E-state index contributed by atoms with van der Waals surface area (Å²) in [6, 6.07) is -1.55. The number of esters is 1. The molecule has 0 spiro atoms. The standard InChI is InChI=1S/C42H76NO10P/c1-3-5-7-9-11-13-15-16-17-18-19-20-21-22-24-25-27-29-31-33-40(45)43-39(42(47)48)37-53-54(49,50)52-36-38(44)35-51-41(46)34-32-30-28-26-23-14-12-10-8-6-4-2/h10-13,16-17,38-39,44H,3-9,14-15,18-37H2,1-2H3,(H,43,45)(H,47,48)(H,49,50)/b12-10-,13-11-,17-16-. The molecule has 3 unspecified atom stereocenters. The third-order valence-corrected chi connectivity index (χ3v) is 9.85. The number of amides is 1. The molecule has 0 radical (unpaired) electrons. The summed E-state index contributed by atoms with van der Waals surface area (Å²) in [6.07, 6.45) is 38.8. The fraction of sp³-hybridized carbons (Fsp3) is 0.786. The molecule has 0 fully saturated rings. The van der Waals surface area contributed by atoms with Gasteiger partial charge >= 0.3 is 19.8 Å². The number of unbranched alkanes of at least 4 members (excludes halogenated alkanes) is 19. The van der Waals surface area contributed by atoms with Gasteiger partial charge in [0.05, 0.1) is 13.2 Å². The predicted molar refractivity (Wildman–Crippen MR) is 217 cm³/mol. The lowest BCUT2D eigenvalue weighted by molar-refractivity contribution is -0.147. The van der Waals surface area contributed by atoms with E-state index in [2.05, 4.69) is 55.6 Å². The minimum atomic E-state index is -4.75. The number of carbonyl (C=O) groups is 3. The Morgan fingerprint density at radius 3 is 1.57 bits per heavy atom. The summed E-state index contributed by atoms with van der Waals surface area (Å²) in [5.41, 5.74) is 0. The highest BCUT2D eigenvalue weighted by Gasteiger charge is 2.28. The van der Waals surface area contributed by atoms with Crippen LogP contribution in [0.15, 0.2) is 36.5 Å². The normalized spacial score (nSPS) is 14.1. The summed E-state index contributed by atoms with van der Waals surface area (Å²) in [5.74, 6) is -2.39. The Hall–Kier alpha value is -2.30. The van der Waals surface area contributed by atoms with Gasteiger partial charge < -0.3 is 25.2 Å². The lowest BCUT2D eigenvalue weighted by Crippen LogP contribution is -2.43. The van der Waals surface area contributed by atoms with E-state index in [1.54, 1.807) is 0 Å². The second kappa shape index (κ2) is 37.6. The Morgan fingerprint density at radius 2 is 1.04 bits per heavy atom. The summed E-state index contributed by atoms with van der Waals surface area (Å²) >= 11 is 0. The van der Waals surface area contributed by atoms with E-state index in [0.29, 0.717) is 12.8 Å². The van der Waals surface area contributed by atoms with Crippen LogP contribution >= 0.6 is 7.82 Å². The molecule has 4 N–H and O–H groups in total. The van der Waals surface area contributed by atoms with Crippen LogP contribution in [0.2, 0.25) is 0 Å². The number of aliphatic hydroxyl groups excluding tert-OH is 1. The van der Waals surface area contributed by atoms with Crippen molar-refractivity contribution in [2.45, 2.75) is 193 Å². The van der Waals surface area contributed by atoms with Gasteiger partial charge in [0.25, 0.3) is 0 Å². The number of hydrogen-bond acceptors (Lipinski definition) is 8. The Labute approximate surface area is 327 Å². The van der Waals surface area contributed by atoms with E-state index in [-0.39, 0.29) is 12.8 Å². The van der Waals surface area contributed by atoms with Crippen molar-refractivity contribution in [3.63, 3.8) is 0 Å². The fourth-order valence-corrected chi connectivity index (χ4v) is 6.33. The van der Waals surface area contributed by atoms with E-state index in [4.69, 9.17) is 13.8 Å². The average molecular weight is 786 g/mol. The highest BCUT2D eigenvalue weighted by Crippen LogP contribution is 2.43. The van der Waals surface area contributed by atoms with Crippen LogP contribution < -0.4 is 5.32 Å². The number of phosphoric acid groups is 1. The Kier molecular flexibility index (Phi) is 36.0. The number of ether oxygens (including phenoxy) is 1. The molecule has 0 rings (SSSR count). The molecule has 3 atom stereocenters. The maximum Gasteiger partial charge on any atom is 0.472 e. The molecular formula is C42H76NO10P. The maximum atomic E-state index is 12.3. The van der Waals surface area contributed by atoms with Gasteiger partial charge in [-0.1, -0.05) is 140 Å². The number of allylic oxidation sites excluding steroid dienone is 6. The van der Waals surface area contributed by atoms with E-state index in [1.807, 2.05) is 0 Å². The molecule has 0 bridgehead atoms. The molecule has 0 aliphatic carbocycles. The van der Waals surface area contributed by atoms with Crippen molar-refractivity contribution >= 4 is 25.7 Å². The number of phosphoric ester groups is 1. The third kappa shape index (κ3) is 36.7. The molecule has 0 aromatic rings. The second-order valence-electron chi connectivity index (χ2n) is 14.2. The minimum Gasteiger partial charge on any atom is -0.480 e. The highest BCUT2D eigenvalue weighted by molar-refractivity contribution is 7.47. The summed E-state index contributed by atoms with van der Waals surface area (Å²) in [5, 5.41) is 21.8. The van der Waals surface area contributed by atoms with Gasteiger partial charge in [-0.3, -0.25) is 18.6 Å². The van der Waals surface area contributed by atoms with Crippen LogP contribution in [0, 0.1) is 0 Å². The van der Waals surface area contributed by atoms with Crippen LogP contribution in [0.25, 0.3) is 0 Å². The number of carbonyl (C=O) groups excluding carboxylic acids is 2. The predicted octanol–water partition coefficient (Wildman–Crippen LogP) is 10.4. The van der Waals surface area contributed by atoms with Crippen LogP contribution in [0.4, 0.5) is 0 Å². The highest BCUT2D eigenvalue weighted by atomic mass is 31.2. The number of hydrogen-bond donors (Lipinski definition) is 4. The molecule has 0 saturated carbocycles. The van der Waals surface area contributed by atoms with E-state index >= 15 is 0 Å². The molecule has 0 aliphatic heterocycles. The average Bonchev–Trinajstić information content (AvgIpc) is 3.14. The maximum absolute atomic E-state index is 12.3. The van der Waals surface area contributed by atoms with Crippen LogP contribution in [0.3, 0.4) is 0 Å². The van der Waals surface area contributed by atoms with Crippen molar-refractivity contribution in [2.75, 3.05) is 19.8 Å². The third-order valence-electron chi connectivity index (χ3n) is 8.90. The molecule has 0 heterocycles. The Morgan fingerprint density at radius 1 is 0.593 bits per heavy atom. The largest absolute Gasteiger partial charge is 0.480 e. The molecule has 0 aromatic heterocycles. The van der Waals surface area contributed by atoms with Crippen molar-refractivity contribution in [3.8, 4) is 0 Å². The molecule has 314 valence electrons. The van der Waals surface area contributed by atoms with Crippen molar-refractivity contribution in [1.29, 1.82) is 0 Å². The number of aliphatic hydroxyl groups is 1. The second-order valence-corrected chi connectivity index (χ2v) is 15.6. The SMILES string of the molecule is CCCC/C=C\CCCCCCCC(=O)OCC(O)COP(=O)(O)OCC(NC(=O)CCCCCCCCCCC/C=C\C/C=C\CCCCC)C(=O)O. The fourth-order valence-electron chi connectivity index (χ4n) is 5.56. The van der Waals surface area contributed by atoms with Crippen LogP contribution in [0.1, 0.15) is 181 Å². The van der Waals surface area contributed by atoms with Crippen molar-refractivity contribution in [3.05, 3.63) is 36.5 Å². The zero-order valence-electron chi connectivity index (χ0n) is 33.8. The van der Waals surface area contributed by atoms with Gasteiger partial charge in [-0.25, -0.2) is 9.36 Å². The first-order valence-corrected chi connectivity index (χ1v) is 22.5. The number of carboxylic acids is 1. The lowest BCUT2D eigenvalue weighted by atomic mass is 10.1. The first kappa shape index (κ1) is 51.7. The van der Waals surface area contributed by atoms with Crippen LogP contribution in [-0.2, 0) is 32.7 Å². The van der Waals surface area contributed by atoms with Gasteiger partial charge in [-0.05, 0) is 64.2 Å². The van der Waals surface area contributed by atoms with E-state index in [1.165, 1.54) is 64.2 Å². The summed E-state index contributed by atoms with van der Waals surface area (Å²) in [6.45, 7) is 2.51. The topological polar surface area (TPSA) is 169 Å². The number of carboxylic acid groups (broad SMARTS) is 1. The molecule has 0 aromatic carbocycles.